The summed E-state index contributed by atoms with van der Waals surface area (Å²) in [5.41, 5.74) is 3.05. The second-order valence-electron chi connectivity index (χ2n) is 4.58. The Labute approximate surface area is 134 Å². The molecule has 1 N–H and O–H groups in total. The van der Waals surface area contributed by atoms with E-state index >= 15 is 0 Å². The van der Waals surface area contributed by atoms with E-state index in [9.17, 15) is 4.79 Å². The third kappa shape index (κ3) is 3.55. The Bertz CT molecular complexity index is 671. The van der Waals surface area contributed by atoms with Crippen LogP contribution in [0.4, 0.5) is 5.69 Å². The van der Waals surface area contributed by atoms with Crippen molar-refractivity contribution in [2.45, 2.75) is 26.7 Å². The topological polar surface area (TPSA) is 42.0 Å². The Morgan fingerprint density at radius 1 is 1.19 bits per heavy atom. The van der Waals surface area contributed by atoms with E-state index in [1.54, 1.807) is 12.1 Å². The van der Waals surface area contributed by atoms with Crippen molar-refractivity contribution in [1.29, 1.82) is 0 Å². The molecule has 0 atom stereocenters. The van der Waals surface area contributed by atoms with Crippen molar-refractivity contribution in [3.63, 3.8) is 0 Å². The molecule has 21 heavy (non-hydrogen) atoms. The predicted molar refractivity (Wildman–Crippen MR) is 87.4 cm³/mol. The number of halogens is 2. The van der Waals surface area contributed by atoms with Crippen molar-refractivity contribution < 1.29 is 4.79 Å². The lowest BCUT2D eigenvalue weighted by Gasteiger charge is -2.15. The van der Waals surface area contributed by atoms with Crippen molar-refractivity contribution in [1.82, 2.24) is 4.98 Å². The number of aryl methyl sites for hydroxylation is 1. The first-order valence-electron chi connectivity index (χ1n) is 6.80. The molecule has 0 spiro atoms. The second-order valence-corrected chi connectivity index (χ2v) is 5.42. The molecule has 1 aromatic heterocycles. The molecule has 0 aliphatic rings. The lowest BCUT2D eigenvalue weighted by atomic mass is 10.0. The average Bonchev–Trinajstić information content (AvgIpc) is 2.47. The summed E-state index contributed by atoms with van der Waals surface area (Å²) in [5.74, 6) is -0.288. The molecule has 0 radical (unpaired) electrons. The molecule has 1 aromatic carbocycles. The first-order valence-corrected chi connectivity index (χ1v) is 7.55. The smallest absolute Gasteiger partial charge is 0.274 e. The fourth-order valence-electron chi connectivity index (χ4n) is 2.17. The fraction of sp³-hybridized carbons (Fsp3) is 0.250. The zero-order chi connectivity index (χ0) is 15.4. The van der Waals surface area contributed by atoms with Crippen LogP contribution in [0.2, 0.25) is 10.0 Å². The molecular formula is C16H16Cl2N2O. The number of amides is 1. The van der Waals surface area contributed by atoms with Crippen LogP contribution >= 0.6 is 23.2 Å². The molecule has 0 unspecified atom stereocenters. The van der Waals surface area contributed by atoms with E-state index in [4.69, 9.17) is 23.2 Å². The van der Waals surface area contributed by atoms with Gasteiger partial charge in [-0.2, -0.15) is 0 Å². The molecular weight excluding hydrogens is 307 g/mol. The van der Waals surface area contributed by atoms with Crippen LogP contribution in [0.15, 0.2) is 30.5 Å². The van der Waals surface area contributed by atoms with Crippen LogP contribution in [-0.2, 0) is 12.8 Å². The summed E-state index contributed by atoms with van der Waals surface area (Å²) >= 11 is 12.1. The van der Waals surface area contributed by atoms with Crippen LogP contribution in [0.1, 0.15) is 35.5 Å². The van der Waals surface area contributed by atoms with Crippen molar-refractivity contribution in [2.24, 2.45) is 0 Å². The molecule has 0 bridgehead atoms. The Kier molecular flexibility index (Phi) is 5.21. The molecule has 110 valence electrons. The van der Waals surface area contributed by atoms with Gasteiger partial charge >= 0.3 is 0 Å². The molecule has 0 saturated heterocycles. The van der Waals surface area contributed by atoms with Crippen LogP contribution in [0.5, 0.6) is 0 Å². The largest absolute Gasteiger partial charge is 0.320 e. The van der Waals surface area contributed by atoms with Gasteiger partial charge in [-0.25, -0.2) is 0 Å². The van der Waals surface area contributed by atoms with Crippen LogP contribution in [0.25, 0.3) is 0 Å². The highest BCUT2D eigenvalue weighted by Gasteiger charge is 2.15. The van der Waals surface area contributed by atoms with Crippen molar-refractivity contribution in [3.05, 3.63) is 57.3 Å². The number of anilines is 1. The van der Waals surface area contributed by atoms with Crippen LogP contribution < -0.4 is 5.32 Å². The number of pyridine rings is 1. The first-order chi connectivity index (χ1) is 10.1. The Morgan fingerprint density at radius 3 is 2.57 bits per heavy atom. The number of hydrogen-bond acceptors (Lipinski definition) is 2. The molecule has 1 heterocycles. The van der Waals surface area contributed by atoms with Crippen LogP contribution in [0, 0.1) is 0 Å². The highest BCUT2D eigenvalue weighted by molar-refractivity contribution is 6.32. The maximum Gasteiger partial charge on any atom is 0.274 e. The maximum absolute atomic E-state index is 12.3. The molecule has 3 nitrogen and oxygen atoms in total. The van der Waals surface area contributed by atoms with E-state index < -0.39 is 0 Å². The summed E-state index contributed by atoms with van der Waals surface area (Å²) in [5, 5.41) is 4.06. The van der Waals surface area contributed by atoms with Crippen molar-refractivity contribution in [2.75, 3.05) is 5.32 Å². The van der Waals surface area contributed by atoms with Gasteiger partial charge in [-0.05, 0) is 42.2 Å². The molecule has 0 fully saturated rings. The van der Waals surface area contributed by atoms with Crippen molar-refractivity contribution in [3.8, 4) is 0 Å². The van der Waals surface area contributed by atoms with E-state index in [0.717, 1.165) is 29.7 Å². The lowest BCUT2D eigenvalue weighted by molar-refractivity contribution is 0.102. The summed E-state index contributed by atoms with van der Waals surface area (Å²) in [7, 11) is 0. The number of carbonyl (C=O) groups is 1. The van der Waals surface area contributed by atoms with Gasteiger partial charge in [0.05, 0.1) is 0 Å². The standard InChI is InChI=1S/C16H16Cl2N2O/c1-3-10-5-6-13(18)12(4-2)15(10)20-16(21)14-9-11(17)7-8-19-14/h5-9H,3-4H2,1-2H3,(H,20,21). The average molecular weight is 323 g/mol. The number of benzene rings is 1. The lowest BCUT2D eigenvalue weighted by Crippen LogP contribution is -2.16. The number of nitrogens with zero attached hydrogens (tertiary/aromatic N) is 1. The highest BCUT2D eigenvalue weighted by Crippen LogP contribution is 2.29. The number of carbonyl (C=O) groups excluding carboxylic acids is 1. The van der Waals surface area contributed by atoms with Gasteiger partial charge in [0, 0.05) is 21.9 Å². The van der Waals surface area contributed by atoms with Gasteiger partial charge < -0.3 is 5.32 Å². The maximum atomic E-state index is 12.3. The number of aromatic nitrogens is 1. The predicted octanol–water partition coefficient (Wildman–Crippen LogP) is 4.77. The minimum Gasteiger partial charge on any atom is -0.320 e. The van der Waals surface area contributed by atoms with Crippen LogP contribution in [-0.4, -0.2) is 10.9 Å². The van der Waals surface area contributed by atoms with E-state index in [2.05, 4.69) is 10.3 Å². The summed E-state index contributed by atoms with van der Waals surface area (Å²) in [4.78, 5) is 16.4. The van der Waals surface area contributed by atoms with Crippen LogP contribution in [0.3, 0.4) is 0 Å². The zero-order valence-corrected chi connectivity index (χ0v) is 13.4. The summed E-state index contributed by atoms with van der Waals surface area (Å²) in [6, 6.07) is 6.97. The normalized spacial score (nSPS) is 10.5. The highest BCUT2D eigenvalue weighted by atomic mass is 35.5. The quantitative estimate of drug-likeness (QED) is 0.881. The van der Waals surface area contributed by atoms with E-state index in [0.29, 0.717) is 10.0 Å². The molecule has 2 rings (SSSR count). The van der Waals surface area contributed by atoms with Gasteiger partial charge in [0.1, 0.15) is 5.69 Å². The molecule has 2 aromatic rings. The van der Waals surface area contributed by atoms with Gasteiger partial charge in [-0.1, -0.05) is 43.1 Å². The third-order valence-electron chi connectivity index (χ3n) is 3.27. The van der Waals surface area contributed by atoms with Gasteiger partial charge in [0.2, 0.25) is 0 Å². The monoisotopic (exact) mass is 322 g/mol. The Hall–Kier alpha value is -1.58. The summed E-state index contributed by atoms with van der Waals surface area (Å²) in [6.07, 6.45) is 3.06. The second kappa shape index (κ2) is 6.92. The fourth-order valence-corrected chi connectivity index (χ4v) is 2.62. The number of nitrogens with one attached hydrogen (secondary N) is 1. The third-order valence-corrected chi connectivity index (χ3v) is 3.86. The van der Waals surface area contributed by atoms with Gasteiger partial charge in [-0.3, -0.25) is 9.78 Å². The van der Waals surface area contributed by atoms with Gasteiger partial charge in [0.25, 0.3) is 5.91 Å². The van der Waals surface area contributed by atoms with Gasteiger partial charge in [-0.15, -0.1) is 0 Å². The van der Waals surface area contributed by atoms with E-state index in [1.807, 2.05) is 26.0 Å². The zero-order valence-electron chi connectivity index (χ0n) is 11.9. The molecule has 0 saturated carbocycles. The van der Waals surface area contributed by atoms with Gasteiger partial charge in [0.15, 0.2) is 0 Å². The van der Waals surface area contributed by atoms with Crippen molar-refractivity contribution >= 4 is 34.8 Å². The van der Waals surface area contributed by atoms with E-state index in [-0.39, 0.29) is 11.6 Å². The first kappa shape index (κ1) is 15.8. The summed E-state index contributed by atoms with van der Waals surface area (Å²) in [6.45, 7) is 4.05. The Balaban J connectivity index is 2.38. The number of rotatable bonds is 4. The molecule has 5 heteroatoms. The molecule has 1 amide bonds. The minimum absolute atomic E-state index is 0.284. The summed E-state index contributed by atoms with van der Waals surface area (Å²) < 4.78 is 0. The number of hydrogen-bond donors (Lipinski definition) is 1. The SMILES string of the molecule is CCc1ccc(Cl)c(CC)c1NC(=O)c1cc(Cl)ccn1. The minimum atomic E-state index is -0.288. The van der Waals surface area contributed by atoms with E-state index in [1.165, 1.54) is 6.20 Å². The molecule has 0 aliphatic heterocycles. The Morgan fingerprint density at radius 2 is 1.95 bits per heavy atom. The molecule has 0 aliphatic carbocycles.